The van der Waals surface area contributed by atoms with Crippen LogP contribution in [-0.4, -0.2) is 49.6 Å². The fourth-order valence-corrected chi connectivity index (χ4v) is 1.45. The molecule has 0 spiro atoms. The van der Waals surface area contributed by atoms with Gasteiger partial charge in [0.2, 0.25) is 0 Å². The number of rotatable bonds is 4. The van der Waals surface area contributed by atoms with E-state index in [1.165, 1.54) is 0 Å². The molecule has 2 N–H and O–H groups in total. The zero-order valence-corrected chi connectivity index (χ0v) is 8.53. The number of nitrogens with one attached hydrogen (secondary N) is 1. The van der Waals surface area contributed by atoms with E-state index in [0.717, 1.165) is 0 Å². The van der Waals surface area contributed by atoms with Gasteiger partial charge in [-0.25, -0.2) is 0 Å². The van der Waals surface area contributed by atoms with Gasteiger partial charge in [-0.2, -0.15) is 0 Å². The molecule has 1 rings (SSSR count). The molecule has 0 saturated carbocycles. The first kappa shape index (κ1) is 11.4. The molecular formula is C9H17NO4. The van der Waals surface area contributed by atoms with Gasteiger partial charge in [0.1, 0.15) is 12.1 Å². The molecule has 0 aromatic carbocycles. The van der Waals surface area contributed by atoms with Crippen molar-refractivity contribution in [2.45, 2.75) is 31.6 Å². The van der Waals surface area contributed by atoms with Gasteiger partial charge in [0.25, 0.3) is 0 Å². The van der Waals surface area contributed by atoms with Crippen LogP contribution in [0.15, 0.2) is 0 Å². The van der Waals surface area contributed by atoms with Crippen molar-refractivity contribution >= 4 is 5.97 Å². The van der Waals surface area contributed by atoms with Crippen LogP contribution in [0.5, 0.6) is 0 Å². The molecule has 0 bridgehead atoms. The van der Waals surface area contributed by atoms with Gasteiger partial charge in [-0.1, -0.05) is 0 Å². The van der Waals surface area contributed by atoms with Crippen molar-refractivity contribution < 1.29 is 19.4 Å². The molecule has 0 aromatic rings. The molecular weight excluding hydrogens is 186 g/mol. The number of carbonyl (C=O) groups excluding carboxylic acids is 1. The Morgan fingerprint density at radius 1 is 1.71 bits per heavy atom. The Kier molecular flexibility index (Phi) is 4.31. The molecule has 5 nitrogen and oxygen atoms in total. The van der Waals surface area contributed by atoms with Gasteiger partial charge < -0.3 is 19.9 Å². The Morgan fingerprint density at radius 2 is 2.43 bits per heavy atom. The number of methoxy groups -OCH3 is 1. The molecule has 5 heteroatoms. The number of ether oxygens (including phenoxy) is 2. The molecule has 1 heterocycles. The van der Waals surface area contributed by atoms with E-state index in [4.69, 9.17) is 9.47 Å². The predicted octanol–water partition coefficient (Wildman–Crippen LogP) is -0.713. The standard InChI is InChI=1S/C9H17NO4/c1-6(5-13-2)14-9(12)8-3-7(11)4-10-8/h6-8,10-11H,3-5H2,1-2H3/t6?,7-,8-/m0/s1. The van der Waals surface area contributed by atoms with E-state index in [-0.39, 0.29) is 18.1 Å². The first-order chi connectivity index (χ1) is 6.63. The minimum atomic E-state index is -0.440. The summed E-state index contributed by atoms with van der Waals surface area (Å²) in [4.78, 5) is 11.4. The highest BCUT2D eigenvalue weighted by molar-refractivity contribution is 5.76. The largest absolute Gasteiger partial charge is 0.459 e. The van der Waals surface area contributed by atoms with Crippen LogP contribution in [0, 0.1) is 0 Å². The molecule has 1 aliphatic rings. The topological polar surface area (TPSA) is 67.8 Å². The number of carbonyl (C=O) groups is 1. The highest BCUT2D eigenvalue weighted by Gasteiger charge is 2.30. The van der Waals surface area contributed by atoms with E-state index < -0.39 is 6.10 Å². The van der Waals surface area contributed by atoms with Crippen molar-refractivity contribution in [2.75, 3.05) is 20.3 Å². The second kappa shape index (κ2) is 5.29. The van der Waals surface area contributed by atoms with Crippen LogP contribution in [0.1, 0.15) is 13.3 Å². The molecule has 1 aliphatic heterocycles. The SMILES string of the molecule is COCC(C)OC(=O)[C@@H]1C[C@H](O)CN1. The summed E-state index contributed by atoms with van der Waals surface area (Å²) in [6.45, 7) is 2.62. The quantitative estimate of drug-likeness (QED) is 0.591. The number of esters is 1. The first-order valence-corrected chi connectivity index (χ1v) is 4.74. The van der Waals surface area contributed by atoms with Gasteiger partial charge in [-0.3, -0.25) is 4.79 Å². The zero-order valence-electron chi connectivity index (χ0n) is 8.53. The van der Waals surface area contributed by atoms with Crippen molar-refractivity contribution in [3.8, 4) is 0 Å². The smallest absolute Gasteiger partial charge is 0.323 e. The number of hydrogen-bond acceptors (Lipinski definition) is 5. The third kappa shape index (κ3) is 3.25. The van der Waals surface area contributed by atoms with Gasteiger partial charge in [0.15, 0.2) is 0 Å². The van der Waals surface area contributed by atoms with Crippen LogP contribution in [-0.2, 0) is 14.3 Å². The van der Waals surface area contributed by atoms with Crippen LogP contribution in [0.25, 0.3) is 0 Å². The molecule has 1 saturated heterocycles. The summed E-state index contributed by atoms with van der Waals surface area (Å²) in [6.07, 6.45) is -0.254. The first-order valence-electron chi connectivity index (χ1n) is 4.74. The number of hydrogen-bond donors (Lipinski definition) is 2. The van der Waals surface area contributed by atoms with E-state index >= 15 is 0 Å². The van der Waals surface area contributed by atoms with E-state index in [9.17, 15) is 9.90 Å². The Labute approximate surface area is 83.4 Å². The average molecular weight is 203 g/mol. The Balaban J connectivity index is 2.27. The average Bonchev–Trinajstić information content (AvgIpc) is 2.52. The molecule has 0 amide bonds. The second-order valence-electron chi connectivity index (χ2n) is 3.55. The van der Waals surface area contributed by atoms with Gasteiger partial charge in [0, 0.05) is 20.1 Å². The molecule has 1 fully saturated rings. The molecule has 14 heavy (non-hydrogen) atoms. The monoisotopic (exact) mass is 203 g/mol. The Bertz CT molecular complexity index is 197. The Morgan fingerprint density at radius 3 is 2.93 bits per heavy atom. The molecule has 82 valence electrons. The molecule has 3 atom stereocenters. The normalized spacial score (nSPS) is 28.8. The van der Waals surface area contributed by atoms with Crippen molar-refractivity contribution in [2.24, 2.45) is 0 Å². The van der Waals surface area contributed by atoms with Crippen LogP contribution in [0.2, 0.25) is 0 Å². The van der Waals surface area contributed by atoms with Gasteiger partial charge in [-0.05, 0) is 6.92 Å². The van der Waals surface area contributed by atoms with Crippen LogP contribution >= 0.6 is 0 Å². The van der Waals surface area contributed by atoms with Crippen molar-refractivity contribution in [3.63, 3.8) is 0 Å². The summed E-state index contributed by atoms with van der Waals surface area (Å²) in [6, 6.07) is -0.371. The minimum absolute atomic E-state index is 0.243. The van der Waals surface area contributed by atoms with Gasteiger partial charge in [-0.15, -0.1) is 0 Å². The lowest BCUT2D eigenvalue weighted by atomic mass is 10.2. The van der Waals surface area contributed by atoms with Crippen LogP contribution in [0.3, 0.4) is 0 Å². The molecule has 0 aliphatic carbocycles. The fourth-order valence-electron chi connectivity index (χ4n) is 1.45. The van der Waals surface area contributed by atoms with Crippen LogP contribution < -0.4 is 5.32 Å². The summed E-state index contributed by atoms with van der Waals surface area (Å²) >= 11 is 0. The maximum Gasteiger partial charge on any atom is 0.323 e. The molecule has 0 radical (unpaired) electrons. The number of aliphatic hydroxyl groups excluding tert-OH is 1. The highest BCUT2D eigenvalue weighted by Crippen LogP contribution is 2.08. The predicted molar refractivity (Wildman–Crippen MR) is 49.8 cm³/mol. The lowest BCUT2D eigenvalue weighted by molar-refractivity contribution is -0.152. The van der Waals surface area contributed by atoms with Crippen LogP contribution in [0.4, 0.5) is 0 Å². The maximum atomic E-state index is 11.4. The highest BCUT2D eigenvalue weighted by atomic mass is 16.6. The molecule has 0 aromatic heterocycles. The summed E-state index contributed by atoms with van der Waals surface area (Å²) in [7, 11) is 1.56. The molecule has 1 unspecified atom stereocenters. The zero-order chi connectivity index (χ0) is 10.6. The van der Waals surface area contributed by atoms with E-state index in [1.807, 2.05) is 0 Å². The maximum absolute atomic E-state index is 11.4. The third-order valence-electron chi connectivity index (χ3n) is 2.11. The third-order valence-corrected chi connectivity index (χ3v) is 2.11. The summed E-state index contributed by atoms with van der Waals surface area (Å²) < 4.78 is 9.93. The summed E-state index contributed by atoms with van der Waals surface area (Å²) in [5.41, 5.74) is 0. The van der Waals surface area contributed by atoms with E-state index in [2.05, 4.69) is 5.32 Å². The number of β-amino-alcohol motifs (C(OH)–C–C–N with tert-alkyl or cyclic N) is 1. The van der Waals surface area contributed by atoms with Crippen molar-refractivity contribution in [3.05, 3.63) is 0 Å². The Hall–Kier alpha value is -0.650. The summed E-state index contributed by atoms with van der Waals surface area (Å²) in [5, 5.41) is 12.1. The van der Waals surface area contributed by atoms with Gasteiger partial charge >= 0.3 is 5.97 Å². The van der Waals surface area contributed by atoms with E-state index in [0.29, 0.717) is 19.6 Å². The lowest BCUT2D eigenvalue weighted by Crippen LogP contribution is -2.35. The summed E-state index contributed by atoms with van der Waals surface area (Å²) in [5.74, 6) is -0.314. The van der Waals surface area contributed by atoms with Gasteiger partial charge in [0.05, 0.1) is 12.7 Å². The van der Waals surface area contributed by atoms with Crippen molar-refractivity contribution in [1.29, 1.82) is 0 Å². The fraction of sp³-hybridized carbons (Fsp3) is 0.889. The lowest BCUT2D eigenvalue weighted by Gasteiger charge is -2.15. The number of aliphatic hydroxyl groups is 1. The van der Waals surface area contributed by atoms with Crippen molar-refractivity contribution in [1.82, 2.24) is 5.32 Å². The van der Waals surface area contributed by atoms with E-state index in [1.54, 1.807) is 14.0 Å². The minimum Gasteiger partial charge on any atom is -0.459 e. The second-order valence-corrected chi connectivity index (χ2v) is 3.55.